The number of furan rings is 1. The Balaban J connectivity index is 1.41. The summed E-state index contributed by atoms with van der Waals surface area (Å²) in [6.45, 7) is 4.35. The fraction of sp³-hybridized carbons (Fsp3) is 0.364. The number of hydrogen-bond donors (Lipinski definition) is 0. The summed E-state index contributed by atoms with van der Waals surface area (Å²) in [5.41, 5.74) is 0.975. The second kappa shape index (κ2) is 9.48. The fourth-order valence-corrected chi connectivity index (χ4v) is 4.81. The van der Waals surface area contributed by atoms with E-state index in [1.165, 1.54) is 31.0 Å². The second-order valence-electron chi connectivity index (χ2n) is 7.69. The van der Waals surface area contributed by atoms with Gasteiger partial charge in [-0.25, -0.2) is 0 Å². The Kier molecular flexibility index (Phi) is 6.29. The lowest BCUT2D eigenvalue weighted by Crippen LogP contribution is -2.33. The van der Waals surface area contributed by atoms with E-state index in [4.69, 9.17) is 20.4 Å². The summed E-state index contributed by atoms with van der Waals surface area (Å²) < 4.78 is 13.2. The number of thioether (sulfide) groups is 1. The van der Waals surface area contributed by atoms with E-state index in [-0.39, 0.29) is 6.04 Å². The lowest BCUT2D eigenvalue weighted by molar-refractivity contribution is 0.167. The number of rotatable bonds is 7. The van der Waals surface area contributed by atoms with Gasteiger partial charge in [-0.15, -0.1) is 20.4 Å². The minimum Gasteiger partial charge on any atom is -0.459 e. The van der Waals surface area contributed by atoms with Crippen LogP contribution in [0.15, 0.2) is 56.7 Å². The normalized spacial score (nSPS) is 15.8. The number of benzene rings is 1. The van der Waals surface area contributed by atoms with Crippen LogP contribution in [0.1, 0.15) is 43.9 Å². The molecule has 10 heteroatoms. The van der Waals surface area contributed by atoms with Crippen LogP contribution in [0.5, 0.6) is 0 Å². The van der Waals surface area contributed by atoms with E-state index in [9.17, 15) is 0 Å². The van der Waals surface area contributed by atoms with Gasteiger partial charge in [0.25, 0.3) is 5.89 Å². The molecule has 5 rings (SSSR count). The Morgan fingerprint density at radius 2 is 1.84 bits per heavy atom. The fourth-order valence-electron chi connectivity index (χ4n) is 3.89. The highest BCUT2D eigenvalue weighted by Gasteiger charge is 2.26. The second-order valence-corrected chi connectivity index (χ2v) is 9.07. The molecule has 1 aromatic carbocycles. The SMILES string of the molecule is C[C@@H](c1nnc(SCc2nnc(-c3ccco3)o2)n1-c1ccc(Cl)cc1)N1CCCCC1. The van der Waals surface area contributed by atoms with Crippen LogP contribution in [0.25, 0.3) is 17.3 Å². The molecular weight excluding hydrogens is 448 g/mol. The first-order valence-electron chi connectivity index (χ1n) is 10.6. The quantitative estimate of drug-likeness (QED) is 0.332. The molecule has 166 valence electrons. The first-order valence-corrected chi connectivity index (χ1v) is 12.0. The maximum Gasteiger partial charge on any atom is 0.283 e. The van der Waals surface area contributed by atoms with Crippen molar-refractivity contribution in [3.63, 3.8) is 0 Å². The molecule has 4 heterocycles. The third-order valence-corrected chi connectivity index (χ3v) is 6.74. The van der Waals surface area contributed by atoms with Gasteiger partial charge < -0.3 is 8.83 Å². The van der Waals surface area contributed by atoms with Crippen molar-refractivity contribution in [2.24, 2.45) is 0 Å². The van der Waals surface area contributed by atoms with E-state index >= 15 is 0 Å². The maximum atomic E-state index is 6.13. The third kappa shape index (κ3) is 4.46. The average Bonchev–Trinajstić information content (AvgIpc) is 3.59. The highest BCUT2D eigenvalue weighted by Crippen LogP contribution is 2.31. The van der Waals surface area contributed by atoms with Crippen molar-refractivity contribution in [1.29, 1.82) is 0 Å². The third-order valence-electron chi connectivity index (χ3n) is 5.58. The Labute approximate surface area is 195 Å². The summed E-state index contributed by atoms with van der Waals surface area (Å²) in [6, 6.07) is 11.5. The van der Waals surface area contributed by atoms with Gasteiger partial charge in [0.05, 0.1) is 18.1 Å². The van der Waals surface area contributed by atoms with E-state index in [0.717, 1.165) is 29.8 Å². The topological polar surface area (TPSA) is 86.0 Å². The molecule has 0 radical (unpaired) electrons. The minimum absolute atomic E-state index is 0.154. The summed E-state index contributed by atoms with van der Waals surface area (Å²) >= 11 is 7.64. The standard InChI is InChI=1S/C22H23ClN6O2S/c1-15(28-11-3-2-4-12-28)20-25-27-22(29(20)17-9-7-16(23)8-10-17)32-14-19-24-26-21(31-19)18-6-5-13-30-18/h5-10,13,15H,2-4,11-12,14H2,1H3/t15-/m0/s1. The molecule has 1 saturated heterocycles. The molecule has 0 bridgehead atoms. The van der Waals surface area contributed by atoms with E-state index in [1.807, 2.05) is 24.3 Å². The van der Waals surface area contributed by atoms with Crippen LogP contribution in [0.3, 0.4) is 0 Å². The first-order chi connectivity index (χ1) is 15.7. The molecule has 1 fully saturated rings. The molecular formula is C22H23ClN6O2S. The highest BCUT2D eigenvalue weighted by molar-refractivity contribution is 7.98. The van der Waals surface area contributed by atoms with E-state index in [0.29, 0.717) is 28.3 Å². The van der Waals surface area contributed by atoms with E-state index in [2.05, 4.69) is 36.8 Å². The van der Waals surface area contributed by atoms with E-state index in [1.54, 1.807) is 18.4 Å². The molecule has 0 spiro atoms. The van der Waals surface area contributed by atoms with Crippen LogP contribution in [-0.4, -0.2) is 43.0 Å². The summed E-state index contributed by atoms with van der Waals surface area (Å²) in [4.78, 5) is 2.47. The van der Waals surface area contributed by atoms with Crippen LogP contribution < -0.4 is 0 Å². The number of likely N-dealkylation sites (tertiary alicyclic amines) is 1. The lowest BCUT2D eigenvalue weighted by atomic mass is 10.1. The van der Waals surface area contributed by atoms with Gasteiger partial charge in [-0.05, 0) is 69.3 Å². The smallest absolute Gasteiger partial charge is 0.283 e. The molecule has 0 N–H and O–H groups in total. The monoisotopic (exact) mass is 470 g/mol. The maximum absolute atomic E-state index is 6.13. The van der Waals surface area contributed by atoms with Crippen molar-refractivity contribution in [2.45, 2.75) is 43.1 Å². The predicted octanol–water partition coefficient (Wildman–Crippen LogP) is 5.40. The van der Waals surface area contributed by atoms with Gasteiger partial charge in [0.15, 0.2) is 16.7 Å². The molecule has 0 saturated carbocycles. The van der Waals surface area contributed by atoms with Crippen molar-refractivity contribution >= 4 is 23.4 Å². The number of hydrogen-bond acceptors (Lipinski definition) is 8. The van der Waals surface area contributed by atoms with Gasteiger partial charge >= 0.3 is 0 Å². The molecule has 0 aliphatic carbocycles. The largest absolute Gasteiger partial charge is 0.459 e. The lowest BCUT2D eigenvalue weighted by Gasteiger charge is -2.31. The molecule has 1 aliphatic heterocycles. The Hall–Kier alpha value is -2.62. The van der Waals surface area contributed by atoms with Crippen molar-refractivity contribution in [3.8, 4) is 17.3 Å². The Bertz CT molecular complexity index is 1150. The first kappa shape index (κ1) is 21.2. The van der Waals surface area contributed by atoms with Gasteiger partial charge in [-0.1, -0.05) is 29.8 Å². The van der Waals surface area contributed by atoms with Crippen LogP contribution in [0, 0.1) is 0 Å². The minimum atomic E-state index is 0.154. The number of nitrogens with zero attached hydrogens (tertiary/aromatic N) is 6. The molecule has 1 aliphatic rings. The molecule has 0 unspecified atom stereocenters. The molecule has 0 amide bonds. The van der Waals surface area contributed by atoms with Gasteiger partial charge in [0.2, 0.25) is 5.89 Å². The summed E-state index contributed by atoms with van der Waals surface area (Å²) in [5.74, 6) is 2.80. The summed E-state index contributed by atoms with van der Waals surface area (Å²) in [7, 11) is 0. The highest BCUT2D eigenvalue weighted by atomic mass is 35.5. The zero-order valence-electron chi connectivity index (χ0n) is 17.6. The molecule has 3 aromatic heterocycles. The number of halogens is 1. The molecule has 1 atom stereocenters. The van der Waals surface area contributed by atoms with Gasteiger partial charge in [0.1, 0.15) is 0 Å². The average molecular weight is 471 g/mol. The van der Waals surface area contributed by atoms with Crippen molar-refractivity contribution in [2.75, 3.05) is 13.1 Å². The molecule has 4 aromatic rings. The zero-order chi connectivity index (χ0) is 21.9. The van der Waals surface area contributed by atoms with E-state index < -0.39 is 0 Å². The Morgan fingerprint density at radius 3 is 2.59 bits per heavy atom. The van der Waals surface area contributed by atoms with Crippen LogP contribution in [0.4, 0.5) is 0 Å². The van der Waals surface area contributed by atoms with Crippen molar-refractivity contribution in [3.05, 3.63) is 59.4 Å². The molecule has 32 heavy (non-hydrogen) atoms. The van der Waals surface area contributed by atoms with Gasteiger partial charge in [-0.2, -0.15) is 0 Å². The summed E-state index contributed by atoms with van der Waals surface area (Å²) in [6.07, 6.45) is 5.30. The predicted molar refractivity (Wildman–Crippen MR) is 122 cm³/mol. The number of piperidine rings is 1. The zero-order valence-corrected chi connectivity index (χ0v) is 19.2. The van der Waals surface area contributed by atoms with Crippen LogP contribution in [0.2, 0.25) is 5.02 Å². The molecule has 8 nitrogen and oxygen atoms in total. The van der Waals surface area contributed by atoms with Gasteiger partial charge in [0, 0.05) is 10.7 Å². The number of aromatic nitrogens is 5. The van der Waals surface area contributed by atoms with Crippen molar-refractivity contribution < 1.29 is 8.83 Å². The Morgan fingerprint density at radius 1 is 1.03 bits per heavy atom. The summed E-state index contributed by atoms with van der Waals surface area (Å²) in [5, 5.41) is 18.8. The van der Waals surface area contributed by atoms with Crippen LogP contribution >= 0.6 is 23.4 Å². The van der Waals surface area contributed by atoms with Crippen molar-refractivity contribution in [1.82, 2.24) is 29.9 Å². The van der Waals surface area contributed by atoms with Gasteiger partial charge in [-0.3, -0.25) is 9.47 Å². The van der Waals surface area contributed by atoms with Crippen LogP contribution in [-0.2, 0) is 5.75 Å².